The predicted octanol–water partition coefficient (Wildman–Crippen LogP) is 4.81. The molecule has 0 radical (unpaired) electrons. The Morgan fingerprint density at radius 3 is 2.43 bits per heavy atom. The van der Waals surface area contributed by atoms with Gasteiger partial charge in [-0.05, 0) is 30.3 Å². The minimum atomic E-state index is -0.909. The summed E-state index contributed by atoms with van der Waals surface area (Å²) in [6.45, 7) is 0. The first-order valence-electron chi connectivity index (χ1n) is 5.92. The summed E-state index contributed by atoms with van der Waals surface area (Å²) in [7, 11) is 1.44. The first kappa shape index (κ1) is 15.9. The van der Waals surface area contributed by atoms with Gasteiger partial charge in [0.05, 0.1) is 12.7 Å². The van der Waals surface area contributed by atoms with Crippen molar-refractivity contribution in [3.8, 4) is 5.75 Å². The maximum absolute atomic E-state index is 13.8. The number of hydrogen-bond donors (Lipinski definition) is 0. The minimum absolute atomic E-state index is 0.209. The maximum Gasteiger partial charge on any atom is 0.173 e. The highest BCUT2D eigenvalue weighted by Crippen LogP contribution is 2.26. The Bertz CT molecular complexity index is 681. The lowest BCUT2D eigenvalue weighted by molar-refractivity contribution is 0.0984. The van der Waals surface area contributed by atoms with Gasteiger partial charge in [0.15, 0.2) is 5.78 Å². The molecule has 0 unspecified atom stereocenters. The molecule has 0 aromatic heterocycles. The van der Waals surface area contributed by atoms with Crippen LogP contribution in [0.25, 0.3) is 0 Å². The van der Waals surface area contributed by atoms with Crippen LogP contribution >= 0.6 is 27.5 Å². The van der Waals surface area contributed by atoms with Crippen LogP contribution in [0.5, 0.6) is 5.75 Å². The van der Waals surface area contributed by atoms with Gasteiger partial charge in [-0.1, -0.05) is 27.5 Å². The van der Waals surface area contributed by atoms with Gasteiger partial charge in [0.1, 0.15) is 17.4 Å². The largest absolute Gasteiger partial charge is 0.496 e. The summed E-state index contributed by atoms with van der Waals surface area (Å²) in [5, 5.41) is 0.412. The molecule has 0 spiro atoms. The number of carbonyl (C=O) groups excluding carboxylic acids is 1. The summed E-state index contributed by atoms with van der Waals surface area (Å²) in [6.07, 6.45) is -0.209. The van der Waals surface area contributed by atoms with Crippen LogP contribution in [0.4, 0.5) is 8.78 Å². The van der Waals surface area contributed by atoms with Crippen molar-refractivity contribution in [1.29, 1.82) is 0 Å². The fourth-order valence-corrected chi connectivity index (χ4v) is 2.55. The average molecular weight is 376 g/mol. The van der Waals surface area contributed by atoms with Crippen LogP contribution in [0.3, 0.4) is 0 Å². The number of benzene rings is 2. The van der Waals surface area contributed by atoms with Crippen molar-refractivity contribution in [2.45, 2.75) is 6.42 Å². The topological polar surface area (TPSA) is 26.3 Å². The lowest BCUT2D eigenvalue weighted by atomic mass is 10.0. The lowest BCUT2D eigenvalue weighted by Crippen LogP contribution is -2.10. The van der Waals surface area contributed by atoms with Gasteiger partial charge in [-0.2, -0.15) is 0 Å². The van der Waals surface area contributed by atoms with Gasteiger partial charge in [0.2, 0.25) is 0 Å². The molecule has 6 heteroatoms. The zero-order valence-electron chi connectivity index (χ0n) is 10.9. The summed E-state index contributed by atoms with van der Waals surface area (Å²) >= 11 is 8.83. The van der Waals surface area contributed by atoms with Gasteiger partial charge in [0.25, 0.3) is 0 Å². The maximum atomic E-state index is 13.8. The highest BCUT2D eigenvalue weighted by molar-refractivity contribution is 9.10. The number of methoxy groups -OCH3 is 1. The Labute approximate surface area is 133 Å². The Hall–Kier alpha value is -1.46. The molecular formula is C15H10BrClF2O2. The first-order valence-corrected chi connectivity index (χ1v) is 7.09. The van der Waals surface area contributed by atoms with Crippen molar-refractivity contribution in [1.82, 2.24) is 0 Å². The van der Waals surface area contributed by atoms with Gasteiger partial charge in [-0.3, -0.25) is 4.79 Å². The van der Waals surface area contributed by atoms with Crippen LogP contribution < -0.4 is 4.74 Å². The molecule has 0 aliphatic rings. The fraction of sp³-hybridized carbons (Fsp3) is 0.133. The number of ketones is 1. The van der Waals surface area contributed by atoms with E-state index in [-0.39, 0.29) is 10.9 Å². The van der Waals surface area contributed by atoms with E-state index in [0.29, 0.717) is 16.3 Å². The number of rotatable bonds is 4. The average Bonchev–Trinajstić information content (AvgIpc) is 2.37. The second kappa shape index (κ2) is 6.54. The third kappa shape index (κ3) is 3.60. The van der Waals surface area contributed by atoms with Gasteiger partial charge < -0.3 is 4.74 Å². The lowest BCUT2D eigenvalue weighted by Gasteiger charge is -2.09. The molecule has 0 aliphatic heterocycles. The summed E-state index contributed by atoms with van der Waals surface area (Å²) in [5.74, 6) is -2.07. The van der Waals surface area contributed by atoms with E-state index >= 15 is 0 Å². The Morgan fingerprint density at radius 1 is 1.24 bits per heavy atom. The van der Waals surface area contributed by atoms with Crippen LogP contribution in [0.1, 0.15) is 15.9 Å². The van der Waals surface area contributed by atoms with E-state index in [2.05, 4.69) is 15.9 Å². The van der Waals surface area contributed by atoms with Crippen LogP contribution in [0, 0.1) is 11.6 Å². The summed E-state index contributed by atoms with van der Waals surface area (Å²) in [4.78, 5) is 12.2. The molecule has 0 bridgehead atoms. The number of halogens is 4. The second-order valence-electron chi connectivity index (χ2n) is 4.30. The molecule has 110 valence electrons. The van der Waals surface area contributed by atoms with Gasteiger partial charge in [-0.25, -0.2) is 8.78 Å². The van der Waals surface area contributed by atoms with E-state index in [1.807, 2.05) is 0 Å². The van der Waals surface area contributed by atoms with Crippen molar-refractivity contribution < 1.29 is 18.3 Å². The van der Waals surface area contributed by atoms with Gasteiger partial charge in [-0.15, -0.1) is 0 Å². The Kier molecular flexibility index (Phi) is 4.96. The van der Waals surface area contributed by atoms with Crippen LogP contribution in [-0.2, 0) is 6.42 Å². The van der Waals surface area contributed by atoms with Crippen molar-refractivity contribution in [3.05, 3.63) is 62.6 Å². The van der Waals surface area contributed by atoms with Crippen molar-refractivity contribution in [3.63, 3.8) is 0 Å². The van der Waals surface area contributed by atoms with Crippen LogP contribution in [0.2, 0.25) is 5.02 Å². The summed E-state index contributed by atoms with van der Waals surface area (Å²) in [6, 6.07) is 6.83. The van der Waals surface area contributed by atoms with Crippen molar-refractivity contribution >= 4 is 33.3 Å². The van der Waals surface area contributed by atoms with Gasteiger partial charge in [0, 0.05) is 21.5 Å². The predicted molar refractivity (Wildman–Crippen MR) is 80.1 cm³/mol. The van der Waals surface area contributed by atoms with Crippen LogP contribution in [-0.4, -0.2) is 12.9 Å². The molecule has 0 aliphatic carbocycles. The smallest absolute Gasteiger partial charge is 0.173 e. The van der Waals surface area contributed by atoms with E-state index < -0.39 is 23.0 Å². The Balaban J connectivity index is 2.37. The monoisotopic (exact) mass is 374 g/mol. The SMILES string of the molecule is COc1ccc(Cl)cc1CC(=O)c1c(F)cc(Br)cc1F. The number of hydrogen-bond acceptors (Lipinski definition) is 2. The molecule has 0 fully saturated rings. The highest BCUT2D eigenvalue weighted by atomic mass is 79.9. The first-order chi connectivity index (χ1) is 9.92. The molecule has 2 aromatic carbocycles. The molecule has 21 heavy (non-hydrogen) atoms. The zero-order valence-corrected chi connectivity index (χ0v) is 13.3. The molecule has 0 saturated heterocycles. The van der Waals surface area contributed by atoms with E-state index in [4.69, 9.17) is 16.3 Å². The quantitative estimate of drug-likeness (QED) is 0.717. The molecule has 0 heterocycles. The molecule has 0 atom stereocenters. The molecule has 2 nitrogen and oxygen atoms in total. The molecule has 0 saturated carbocycles. The highest BCUT2D eigenvalue weighted by Gasteiger charge is 2.20. The standard InChI is InChI=1S/C15H10BrClF2O2/c1-21-14-3-2-10(17)4-8(14)5-13(20)15-11(18)6-9(16)7-12(15)19/h2-4,6-7H,5H2,1H3. The number of Topliss-reactive ketones (excluding diaryl/α,β-unsaturated/α-hetero) is 1. The van der Waals surface area contributed by atoms with E-state index in [1.54, 1.807) is 12.1 Å². The van der Waals surface area contributed by atoms with E-state index in [0.717, 1.165) is 12.1 Å². The van der Waals surface area contributed by atoms with Crippen molar-refractivity contribution in [2.24, 2.45) is 0 Å². The molecule has 0 N–H and O–H groups in total. The van der Waals surface area contributed by atoms with Crippen LogP contribution in [0.15, 0.2) is 34.8 Å². The molecule has 2 aromatic rings. The summed E-state index contributed by atoms with van der Waals surface area (Å²) in [5.41, 5.74) is -0.100. The van der Waals surface area contributed by atoms with Crippen molar-refractivity contribution in [2.75, 3.05) is 7.11 Å². The molecular weight excluding hydrogens is 366 g/mol. The number of carbonyl (C=O) groups is 1. The third-order valence-corrected chi connectivity index (χ3v) is 3.57. The zero-order chi connectivity index (χ0) is 15.6. The van der Waals surface area contributed by atoms with Gasteiger partial charge >= 0.3 is 0 Å². The number of ether oxygens (including phenoxy) is 1. The Morgan fingerprint density at radius 2 is 1.86 bits per heavy atom. The molecule has 0 amide bonds. The molecule has 2 rings (SSSR count). The van der Waals surface area contributed by atoms with E-state index in [1.165, 1.54) is 13.2 Å². The minimum Gasteiger partial charge on any atom is -0.496 e. The summed E-state index contributed by atoms with van der Waals surface area (Å²) < 4.78 is 32.9. The normalized spacial score (nSPS) is 10.5. The second-order valence-corrected chi connectivity index (χ2v) is 5.65. The van der Waals surface area contributed by atoms with E-state index in [9.17, 15) is 13.6 Å². The third-order valence-electron chi connectivity index (χ3n) is 2.88. The fourth-order valence-electron chi connectivity index (χ4n) is 1.96.